The number of ether oxygens (including phenoxy) is 1. The van der Waals surface area contributed by atoms with Gasteiger partial charge in [0.05, 0.1) is 6.61 Å². The Hall–Kier alpha value is -2.60. The molecule has 0 amide bonds. The van der Waals surface area contributed by atoms with E-state index in [0.717, 1.165) is 5.56 Å². The zero-order valence-corrected chi connectivity index (χ0v) is 16.3. The molecule has 3 aromatic carbocycles. The standard InChI is InChI=1S/C23H23NO3S/c24-22(17-28,21(25)26)23(19-12-6-2-7-13-19,20-14-8-3-9-15-20)27-16-18-10-4-1-5-11-18/h1-15,28H,16-17,24H2,(H,25,26)/t22-/m1/s1. The number of carboxylic acid groups (broad SMARTS) is 1. The largest absolute Gasteiger partial charge is 0.480 e. The Balaban J connectivity index is 2.24. The summed E-state index contributed by atoms with van der Waals surface area (Å²) in [7, 11) is 0. The summed E-state index contributed by atoms with van der Waals surface area (Å²) >= 11 is 4.33. The lowest BCUT2D eigenvalue weighted by Crippen LogP contribution is -2.66. The number of thiol groups is 1. The number of hydrogen-bond acceptors (Lipinski definition) is 4. The maximum atomic E-state index is 12.4. The second-order valence-electron chi connectivity index (χ2n) is 6.62. The fraction of sp³-hybridized carbons (Fsp3) is 0.174. The smallest absolute Gasteiger partial charge is 0.328 e. The van der Waals surface area contributed by atoms with Gasteiger partial charge in [0.15, 0.2) is 5.54 Å². The molecule has 3 N–H and O–H groups in total. The second kappa shape index (κ2) is 8.61. The highest BCUT2D eigenvalue weighted by molar-refractivity contribution is 7.80. The van der Waals surface area contributed by atoms with E-state index in [1.165, 1.54) is 0 Å². The molecule has 0 aromatic heterocycles. The summed E-state index contributed by atoms with van der Waals surface area (Å²) in [5, 5.41) is 10.1. The van der Waals surface area contributed by atoms with Gasteiger partial charge in [-0.15, -0.1) is 0 Å². The van der Waals surface area contributed by atoms with E-state index in [0.29, 0.717) is 11.1 Å². The monoisotopic (exact) mass is 393 g/mol. The van der Waals surface area contributed by atoms with Gasteiger partial charge in [-0.05, 0) is 16.7 Å². The van der Waals surface area contributed by atoms with Crippen LogP contribution in [-0.4, -0.2) is 22.4 Å². The summed E-state index contributed by atoms with van der Waals surface area (Å²) in [6.07, 6.45) is 0. The van der Waals surface area contributed by atoms with Crippen LogP contribution in [0.1, 0.15) is 16.7 Å². The fourth-order valence-electron chi connectivity index (χ4n) is 3.42. The molecule has 3 rings (SSSR count). The van der Waals surface area contributed by atoms with Gasteiger partial charge in [0, 0.05) is 5.75 Å². The lowest BCUT2D eigenvalue weighted by molar-refractivity contribution is -0.158. The van der Waals surface area contributed by atoms with Crippen LogP contribution in [0.5, 0.6) is 0 Å². The molecular weight excluding hydrogens is 370 g/mol. The molecule has 0 aliphatic heterocycles. The van der Waals surface area contributed by atoms with E-state index in [1.54, 1.807) is 0 Å². The maximum Gasteiger partial charge on any atom is 0.328 e. The van der Waals surface area contributed by atoms with Crippen LogP contribution < -0.4 is 5.73 Å². The zero-order chi connectivity index (χ0) is 20.0. The van der Waals surface area contributed by atoms with Crippen molar-refractivity contribution in [3.05, 3.63) is 108 Å². The van der Waals surface area contributed by atoms with Crippen LogP contribution in [0, 0.1) is 0 Å². The van der Waals surface area contributed by atoms with Crippen molar-refractivity contribution in [2.75, 3.05) is 5.75 Å². The lowest BCUT2D eigenvalue weighted by Gasteiger charge is -2.45. The molecule has 28 heavy (non-hydrogen) atoms. The molecule has 0 spiro atoms. The van der Waals surface area contributed by atoms with Crippen molar-refractivity contribution in [2.24, 2.45) is 5.73 Å². The second-order valence-corrected chi connectivity index (χ2v) is 6.94. The first-order valence-electron chi connectivity index (χ1n) is 8.96. The Kier molecular flexibility index (Phi) is 6.19. The van der Waals surface area contributed by atoms with Crippen LogP contribution in [0.15, 0.2) is 91.0 Å². The number of carboxylic acids is 1. The normalized spacial score (nSPS) is 13.6. The first-order chi connectivity index (χ1) is 13.5. The fourth-order valence-corrected chi connectivity index (χ4v) is 3.78. The average molecular weight is 394 g/mol. The third-order valence-corrected chi connectivity index (χ3v) is 5.42. The lowest BCUT2D eigenvalue weighted by atomic mass is 9.71. The molecule has 3 aromatic rings. The summed E-state index contributed by atoms with van der Waals surface area (Å²) in [5.74, 6) is -1.29. The predicted molar refractivity (Wildman–Crippen MR) is 113 cm³/mol. The topological polar surface area (TPSA) is 72.6 Å². The Morgan fingerprint density at radius 3 is 1.68 bits per heavy atom. The number of rotatable bonds is 8. The number of hydrogen-bond donors (Lipinski definition) is 3. The van der Waals surface area contributed by atoms with Gasteiger partial charge in [0.2, 0.25) is 0 Å². The van der Waals surface area contributed by atoms with Crippen LogP contribution in [-0.2, 0) is 21.7 Å². The first-order valence-corrected chi connectivity index (χ1v) is 9.60. The third kappa shape index (κ3) is 3.56. The number of aliphatic carboxylic acids is 1. The summed E-state index contributed by atoms with van der Waals surface area (Å²) < 4.78 is 6.45. The first kappa shape index (κ1) is 20.1. The molecule has 5 heteroatoms. The minimum absolute atomic E-state index is 0.110. The van der Waals surface area contributed by atoms with E-state index in [1.807, 2.05) is 91.0 Å². The van der Waals surface area contributed by atoms with Crippen LogP contribution in [0.4, 0.5) is 0 Å². The molecule has 0 radical (unpaired) electrons. The van der Waals surface area contributed by atoms with Gasteiger partial charge in [-0.2, -0.15) is 12.6 Å². The number of benzene rings is 3. The minimum Gasteiger partial charge on any atom is -0.480 e. The Morgan fingerprint density at radius 1 is 0.857 bits per heavy atom. The molecule has 0 aliphatic carbocycles. The molecule has 0 saturated carbocycles. The summed E-state index contributed by atoms with van der Waals surface area (Å²) in [4.78, 5) is 12.4. The van der Waals surface area contributed by atoms with Crippen molar-refractivity contribution in [3.8, 4) is 0 Å². The van der Waals surface area contributed by atoms with E-state index in [2.05, 4.69) is 12.6 Å². The number of carbonyl (C=O) groups is 1. The summed E-state index contributed by atoms with van der Waals surface area (Å²) in [5.41, 5.74) is 5.56. The molecule has 0 saturated heterocycles. The van der Waals surface area contributed by atoms with Crippen molar-refractivity contribution in [3.63, 3.8) is 0 Å². The quantitative estimate of drug-likeness (QED) is 0.508. The van der Waals surface area contributed by atoms with E-state index in [9.17, 15) is 9.90 Å². The van der Waals surface area contributed by atoms with E-state index in [4.69, 9.17) is 10.5 Å². The highest BCUT2D eigenvalue weighted by Gasteiger charge is 2.57. The van der Waals surface area contributed by atoms with Crippen molar-refractivity contribution in [2.45, 2.75) is 17.7 Å². The molecule has 0 heterocycles. The van der Waals surface area contributed by atoms with Crippen LogP contribution in [0.3, 0.4) is 0 Å². The van der Waals surface area contributed by atoms with Gasteiger partial charge in [0.1, 0.15) is 5.60 Å². The Labute approximate surface area is 170 Å². The van der Waals surface area contributed by atoms with Gasteiger partial charge >= 0.3 is 5.97 Å². The SMILES string of the molecule is N[C@](CS)(C(=O)O)C(OCc1ccccc1)(c1ccccc1)c1ccccc1. The van der Waals surface area contributed by atoms with Crippen molar-refractivity contribution in [1.29, 1.82) is 0 Å². The zero-order valence-electron chi connectivity index (χ0n) is 15.4. The minimum atomic E-state index is -1.80. The van der Waals surface area contributed by atoms with Crippen LogP contribution >= 0.6 is 12.6 Å². The molecule has 4 nitrogen and oxygen atoms in total. The van der Waals surface area contributed by atoms with Gasteiger partial charge in [-0.3, -0.25) is 4.79 Å². The van der Waals surface area contributed by atoms with E-state index >= 15 is 0 Å². The summed E-state index contributed by atoms with van der Waals surface area (Å²) in [6, 6.07) is 28.1. The molecule has 144 valence electrons. The Morgan fingerprint density at radius 2 is 1.29 bits per heavy atom. The van der Waals surface area contributed by atoms with E-state index < -0.39 is 17.1 Å². The van der Waals surface area contributed by atoms with E-state index in [-0.39, 0.29) is 12.4 Å². The van der Waals surface area contributed by atoms with Gasteiger partial charge in [-0.1, -0.05) is 91.0 Å². The van der Waals surface area contributed by atoms with Gasteiger partial charge in [0.25, 0.3) is 0 Å². The van der Waals surface area contributed by atoms with Crippen molar-refractivity contribution < 1.29 is 14.6 Å². The predicted octanol–water partition coefficient (Wildman–Crippen LogP) is 3.86. The average Bonchev–Trinajstić information content (AvgIpc) is 2.76. The molecule has 0 unspecified atom stereocenters. The third-order valence-electron chi connectivity index (χ3n) is 4.92. The van der Waals surface area contributed by atoms with Crippen molar-refractivity contribution >= 4 is 18.6 Å². The van der Waals surface area contributed by atoms with Crippen LogP contribution in [0.2, 0.25) is 0 Å². The Bertz CT molecular complexity index is 863. The van der Waals surface area contributed by atoms with Crippen molar-refractivity contribution in [1.82, 2.24) is 0 Å². The van der Waals surface area contributed by atoms with Gasteiger partial charge < -0.3 is 15.6 Å². The van der Waals surface area contributed by atoms with Crippen LogP contribution in [0.25, 0.3) is 0 Å². The molecule has 0 aliphatic rings. The molecule has 0 bridgehead atoms. The highest BCUT2D eigenvalue weighted by Crippen LogP contribution is 2.43. The highest BCUT2D eigenvalue weighted by atomic mass is 32.1. The van der Waals surface area contributed by atoms with Gasteiger partial charge in [-0.25, -0.2) is 0 Å². The molecule has 1 atom stereocenters. The molecule has 0 fully saturated rings. The summed E-state index contributed by atoms with van der Waals surface area (Å²) in [6.45, 7) is 0.199. The number of nitrogens with two attached hydrogens (primary N) is 1. The molecular formula is C23H23NO3S. The maximum absolute atomic E-state index is 12.4.